The first-order chi connectivity index (χ1) is 8.47. The van der Waals surface area contributed by atoms with E-state index in [4.69, 9.17) is 0 Å². The maximum absolute atomic E-state index is 10.9. The molecule has 0 saturated heterocycles. The molecule has 18 heavy (non-hydrogen) atoms. The first-order valence-corrected chi connectivity index (χ1v) is 7.32. The zero-order valence-corrected chi connectivity index (χ0v) is 11.9. The van der Waals surface area contributed by atoms with Crippen LogP contribution in [0.3, 0.4) is 0 Å². The van der Waals surface area contributed by atoms with Crippen molar-refractivity contribution in [2.75, 3.05) is 0 Å². The molecular formula is C9H9N3O3S3. The van der Waals surface area contributed by atoms with Crippen molar-refractivity contribution in [1.29, 1.82) is 0 Å². The van der Waals surface area contributed by atoms with E-state index in [2.05, 4.69) is 9.36 Å². The van der Waals surface area contributed by atoms with Gasteiger partial charge in [-0.15, -0.1) is 11.3 Å². The van der Waals surface area contributed by atoms with Crippen LogP contribution in [0.5, 0.6) is 0 Å². The summed E-state index contributed by atoms with van der Waals surface area (Å²) in [5.41, 5.74) is 0.00810. The highest BCUT2D eigenvalue weighted by Crippen LogP contribution is 2.43. The van der Waals surface area contributed by atoms with Crippen LogP contribution in [0, 0.1) is 17.0 Å². The number of rotatable bonds is 4. The van der Waals surface area contributed by atoms with Gasteiger partial charge in [-0.3, -0.25) is 10.1 Å². The number of nitro groups is 1. The van der Waals surface area contributed by atoms with Crippen molar-refractivity contribution < 1.29 is 10.0 Å². The number of hydrogen-bond donors (Lipinski definition) is 1. The fraction of sp³-hybridized carbons (Fsp3) is 0.333. The van der Waals surface area contributed by atoms with Gasteiger partial charge < -0.3 is 5.11 Å². The van der Waals surface area contributed by atoms with Crippen LogP contribution in [0.15, 0.2) is 14.6 Å². The lowest BCUT2D eigenvalue weighted by molar-refractivity contribution is -0.387. The SMILES string of the molecule is Cc1nsc(Sc2sc(C(C)O)cc2[N+](=O)[O-])n1. The van der Waals surface area contributed by atoms with E-state index in [1.807, 2.05) is 0 Å². The maximum atomic E-state index is 10.9. The second-order valence-corrected chi connectivity index (χ2v) is 6.82. The van der Waals surface area contributed by atoms with Gasteiger partial charge in [-0.05, 0) is 37.1 Å². The standard InChI is InChI=1S/C9H9N3O3S3/c1-4(13)7-3-6(12(14)15)8(16-7)17-9-10-5(2)11-18-9/h3-4,13H,1-2H3. The first kappa shape index (κ1) is 13.4. The van der Waals surface area contributed by atoms with E-state index in [1.54, 1.807) is 13.8 Å². The Bertz CT molecular complexity index is 579. The Morgan fingerprint density at radius 3 is 2.83 bits per heavy atom. The quantitative estimate of drug-likeness (QED) is 0.690. The molecule has 0 radical (unpaired) electrons. The van der Waals surface area contributed by atoms with Crippen molar-refractivity contribution in [1.82, 2.24) is 9.36 Å². The number of aryl methyl sites for hydroxylation is 1. The fourth-order valence-electron chi connectivity index (χ4n) is 1.19. The zero-order chi connectivity index (χ0) is 13.3. The molecule has 1 unspecified atom stereocenters. The monoisotopic (exact) mass is 303 g/mol. The predicted octanol–water partition coefficient (Wildman–Crippen LogP) is 3.02. The van der Waals surface area contributed by atoms with Gasteiger partial charge in [0.1, 0.15) is 10.0 Å². The lowest BCUT2D eigenvalue weighted by atomic mass is 10.3. The molecule has 0 amide bonds. The minimum atomic E-state index is -0.709. The lowest BCUT2D eigenvalue weighted by Crippen LogP contribution is -1.87. The molecule has 0 bridgehead atoms. The molecule has 0 aliphatic carbocycles. The summed E-state index contributed by atoms with van der Waals surface area (Å²) in [5, 5.41) is 20.4. The Hall–Kier alpha value is -1.03. The summed E-state index contributed by atoms with van der Waals surface area (Å²) >= 11 is 3.63. The van der Waals surface area contributed by atoms with Gasteiger partial charge in [-0.2, -0.15) is 4.37 Å². The van der Waals surface area contributed by atoms with E-state index in [9.17, 15) is 15.2 Å². The van der Waals surface area contributed by atoms with Crippen LogP contribution in [0.2, 0.25) is 0 Å². The molecule has 2 heterocycles. The van der Waals surface area contributed by atoms with E-state index >= 15 is 0 Å². The summed E-state index contributed by atoms with van der Waals surface area (Å²) in [7, 11) is 0. The zero-order valence-electron chi connectivity index (χ0n) is 9.48. The molecule has 0 fully saturated rings. The molecule has 2 aromatic heterocycles. The predicted molar refractivity (Wildman–Crippen MR) is 70.4 cm³/mol. The van der Waals surface area contributed by atoms with E-state index in [0.717, 1.165) is 0 Å². The van der Waals surface area contributed by atoms with Crippen molar-refractivity contribution in [2.45, 2.75) is 28.5 Å². The van der Waals surface area contributed by atoms with Crippen molar-refractivity contribution in [3.05, 3.63) is 26.9 Å². The van der Waals surface area contributed by atoms with Gasteiger partial charge in [0, 0.05) is 10.9 Å². The third-order valence-corrected chi connectivity index (χ3v) is 5.32. The Kier molecular flexibility index (Phi) is 3.95. The molecule has 0 saturated carbocycles. The number of thiophene rings is 1. The Labute approximate surface area is 115 Å². The molecular weight excluding hydrogens is 294 g/mol. The second-order valence-electron chi connectivity index (χ2n) is 3.46. The largest absolute Gasteiger partial charge is 0.388 e. The Morgan fingerprint density at radius 1 is 1.61 bits per heavy atom. The van der Waals surface area contributed by atoms with Gasteiger partial charge in [-0.25, -0.2) is 4.98 Å². The molecule has 2 aromatic rings. The highest BCUT2D eigenvalue weighted by Gasteiger charge is 2.22. The topological polar surface area (TPSA) is 89.2 Å². The molecule has 0 aliphatic rings. The van der Waals surface area contributed by atoms with Crippen LogP contribution in [-0.2, 0) is 0 Å². The molecule has 0 aromatic carbocycles. The lowest BCUT2D eigenvalue weighted by Gasteiger charge is -1.95. The van der Waals surface area contributed by atoms with Crippen LogP contribution in [-0.4, -0.2) is 19.4 Å². The summed E-state index contributed by atoms with van der Waals surface area (Å²) in [6, 6.07) is 1.41. The molecule has 1 N–H and O–H groups in total. The minimum Gasteiger partial charge on any atom is -0.388 e. The second kappa shape index (κ2) is 5.31. The van der Waals surface area contributed by atoms with Crippen molar-refractivity contribution in [3.8, 4) is 0 Å². The van der Waals surface area contributed by atoms with E-state index in [1.165, 1.54) is 40.7 Å². The Balaban J connectivity index is 2.33. The van der Waals surface area contributed by atoms with Gasteiger partial charge in [0.25, 0.3) is 5.69 Å². The van der Waals surface area contributed by atoms with Crippen molar-refractivity contribution >= 4 is 40.3 Å². The van der Waals surface area contributed by atoms with Crippen LogP contribution in [0.1, 0.15) is 23.7 Å². The number of aromatic nitrogens is 2. The van der Waals surface area contributed by atoms with Crippen LogP contribution < -0.4 is 0 Å². The molecule has 0 aliphatic heterocycles. The van der Waals surface area contributed by atoms with Crippen LogP contribution in [0.4, 0.5) is 5.69 Å². The number of aliphatic hydroxyl groups excluding tert-OH is 1. The number of aliphatic hydroxyl groups is 1. The Morgan fingerprint density at radius 2 is 2.33 bits per heavy atom. The highest BCUT2D eigenvalue weighted by molar-refractivity contribution is 8.02. The van der Waals surface area contributed by atoms with Gasteiger partial charge in [0.05, 0.1) is 11.0 Å². The smallest absolute Gasteiger partial charge is 0.294 e. The third kappa shape index (κ3) is 2.86. The van der Waals surface area contributed by atoms with Crippen molar-refractivity contribution in [3.63, 3.8) is 0 Å². The van der Waals surface area contributed by atoms with E-state index in [0.29, 0.717) is 19.3 Å². The molecule has 2 rings (SSSR count). The summed E-state index contributed by atoms with van der Waals surface area (Å²) in [4.78, 5) is 15.2. The first-order valence-electron chi connectivity index (χ1n) is 4.91. The van der Waals surface area contributed by atoms with Crippen molar-refractivity contribution in [2.24, 2.45) is 0 Å². The molecule has 0 spiro atoms. The minimum absolute atomic E-state index is 0.00810. The van der Waals surface area contributed by atoms with Gasteiger partial charge in [-0.1, -0.05) is 0 Å². The van der Waals surface area contributed by atoms with Crippen LogP contribution >= 0.6 is 34.6 Å². The molecule has 96 valence electrons. The molecule has 1 atom stereocenters. The normalized spacial score (nSPS) is 12.6. The van der Waals surface area contributed by atoms with E-state index in [-0.39, 0.29) is 5.69 Å². The number of hydrogen-bond acceptors (Lipinski definition) is 8. The van der Waals surface area contributed by atoms with Gasteiger partial charge in [0.15, 0.2) is 4.34 Å². The average Bonchev–Trinajstić information content (AvgIpc) is 2.85. The third-order valence-electron chi connectivity index (χ3n) is 2.00. The van der Waals surface area contributed by atoms with Gasteiger partial charge in [0.2, 0.25) is 0 Å². The van der Waals surface area contributed by atoms with E-state index < -0.39 is 11.0 Å². The molecule has 6 nitrogen and oxygen atoms in total. The maximum Gasteiger partial charge on any atom is 0.294 e. The summed E-state index contributed by atoms with van der Waals surface area (Å²) < 4.78 is 5.21. The summed E-state index contributed by atoms with van der Waals surface area (Å²) in [6.45, 7) is 3.35. The van der Waals surface area contributed by atoms with Gasteiger partial charge >= 0.3 is 0 Å². The summed E-state index contributed by atoms with van der Waals surface area (Å²) in [6.07, 6.45) is -0.709. The fourth-order valence-corrected chi connectivity index (χ4v) is 4.34. The average molecular weight is 303 g/mol. The van der Waals surface area contributed by atoms with Crippen LogP contribution in [0.25, 0.3) is 0 Å². The number of nitrogens with zero attached hydrogens (tertiary/aromatic N) is 3. The summed E-state index contributed by atoms with van der Waals surface area (Å²) in [5.74, 6) is 0.650. The molecule has 9 heteroatoms. The highest BCUT2D eigenvalue weighted by atomic mass is 32.2.